The zero-order valence-electron chi connectivity index (χ0n) is 17.8. The van der Waals surface area contributed by atoms with Crippen LogP contribution in [0.5, 0.6) is 0 Å². The van der Waals surface area contributed by atoms with Crippen LogP contribution in [0.4, 0.5) is 0 Å². The predicted molar refractivity (Wildman–Crippen MR) is 130 cm³/mol. The van der Waals surface area contributed by atoms with E-state index in [-0.39, 0.29) is 17.0 Å². The normalized spacial score (nSPS) is 11.0. The summed E-state index contributed by atoms with van der Waals surface area (Å²) in [5.41, 5.74) is 5.62. The van der Waals surface area contributed by atoms with Crippen molar-refractivity contribution < 1.29 is 17.0 Å². The minimum atomic E-state index is -1.84. The van der Waals surface area contributed by atoms with Gasteiger partial charge < -0.3 is 17.0 Å². The van der Waals surface area contributed by atoms with Crippen molar-refractivity contribution in [2.24, 2.45) is 0 Å². The van der Waals surface area contributed by atoms with Crippen LogP contribution >= 0.6 is 7.26 Å². The van der Waals surface area contributed by atoms with Gasteiger partial charge in [-0.05, 0) is 73.9 Å². The molecule has 0 N–H and O–H groups in total. The molecule has 0 amide bonds. The van der Waals surface area contributed by atoms with Gasteiger partial charge in [0.2, 0.25) is 0 Å². The number of aryl methyl sites for hydroxylation is 3. The van der Waals surface area contributed by atoms with E-state index in [0.717, 1.165) is 6.16 Å². The molecular weight excluding hydrogens is 447 g/mol. The number of halogens is 1. The Bertz CT molecular complexity index is 970. The van der Waals surface area contributed by atoms with Crippen molar-refractivity contribution in [2.75, 3.05) is 0 Å². The maximum absolute atomic E-state index is 2.33. The molecule has 0 atom stereocenters. The van der Waals surface area contributed by atoms with E-state index in [2.05, 4.69) is 124 Å². The van der Waals surface area contributed by atoms with Crippen LogP contribution in [0.1, 0.15) is 22.3 Å². The highest BCUT2D eigenvalue weighted by molar-refractivity contribution is 7.95. The fraction of sp³-hybridized carbons (Fsp3) is 0.143. The fourth-order valence-corrected chi connectivity index (χ4v) is 8.92. The second-order valence-electron chi connectivity index (χ2n) is 7.85. The Kier molecular flexibility index (Phi) is 7.29. The lowest BCUT2D eigenvalue weighted by Gasteiger charge is -2.29. The second-order valence-corrected chi connectivity index (χ2v) is 11.3. The Hall–Kier alpha value is -2.21. The third-order valence-corrected chi connectivity index (χ3v) is 10.2. The van der Waals surface area contributed by atoms with E-state index in [4.69, 9.17) is 0 Å². The Morgan fingerprint density at radius 2 is 0.867 bits per heavy atom. The van der Waals surface area contributed by atoms with Gasteiger partial charge in [0, 0.05) is 0 Å². The van der Waals surface area contributed by atoms with Crippen LogP contribution in [0.2, 0.25) is 0 Å². The molecular formula is C28H28BrP. The molecule has 0 aliphatic rings. The molecule has 0 nitrogen and oxygen atoms in total. The van der Waals surface area contributed by atoms with Crippen LogP contribution in [0.25, 0.3) is 0 Å². The first-order valence-corrected chi connectivity index (χ1v) is 12.2. The Morgan fingerprint density at radius 1 is 0.533 bits per heavy atom. The van der Waals surface area contributed by atoms with Gasteiger partial charge in [0.25, 0.3) is 0 Å². The monoisotopic (exact) mass is 474 g/mol. The van der Waals surface area contributed by atoms with Gasteiger partial charge in [-0.15, -0.1) is 0 Å². The van der Waals surface area contributed by atoms with E-state index in [1.54, 1.807) is 0 Å². The van der Waals surface area contributed by atoms with Gasteiger partial charge in [0.15, 0.2) is 0 Å². The first kappa shape index (κ1) is 22.5. The third-order valence-electron chi connectivity index (χ3n) is 5.83. The molecule has 0 spiro atoms. The number of rotatable bonds is 5. The molecule has 0 saturated carbocycles. The van der Waals surface area contributed by atoms with E-state index >= 15 is 0 Å². The largest absolute Gasteiger partial charge is 1.00 e. The van der Waals surface area contributed by atoms with Crippen LogP contribution in [-0.4, -0.2) is 0 Å². The molecule has 0 aromatic heterocycles. The summed E-state index contributed by atoms with van der Waals surface area (Å²) < 4.78 is 0. The first-order valence-electron chi connectivity index (χ1n) is 10.2. The van der Waals surface area contributed by atoms with Crippen molar-refractivity contribution in [3.63, 3.8) is 0 Å². The fourth-order valence-electron chi connectivity index (χ4n) is 4.46. The number of hydrogen-bond acceptors (Lipinski definition) is 0. The van der Waals surface area contributed by atoms with Gasteiger partial charge in [0.05, 0.1) is 6.16 Å². The molecule has 2 heteroatoms. The van der Waals surface area contributed by atoms with Crippen molar-refractivity contribution >= 4 is 23.2 Å². The van der Waals surface area contributed by atoms with Crippen LogP contribution in [0.15, 0.2) is 103 Å². The minimum Gasteiger partial charge on any atom is -1.00 e. The summed E-state index contributed by atoms with van der Waals surface area (Å²) in [6.07, 6.45) is 1.04. The molecule has 0 aliphatic carbocycles. The summed E-state index contributed by atoms with van der Waals surface area (Å²) >= 11 is 0. The molecule has 4 rings (SSSR count). The van der Waals surface area contributed by atoms with Gasteiger partial charge in [-0.2, -0.15) is 0 Å². The molecule has 0 fully saturated rings. The molecule has 152 valence electrons. The maximum Gasteiger partial charge on any atom is 0.116 e. The van der Waals surface area contributed by atoms with E-state index in [1.165, 1.54) is 38.2 Å². The van der Waals surface area contributed by atoms with E-state index in [1.807, 2.05) is 0 Å². The van der Waals surface area contributed by atoms with Crippen LogP contribution in [-0.2, 0) is 6.16 Å². The highest BCUT2D eigenvalue weighted by Crippen LogP contribution is 2.58. The molecule has 0 saturated heterocycles. The van der Waals surface area contributed by atoms with Gasteiger partial charge in [-0.1, -0.05) is 72.3 Å². The van der Waals surface area contributed by atoms with E-state index in [9.17, 15) is 0 Å². The topological polar surface area (TPSA) is 0 Å². The van der Waals surface area contributed by atoms with Crippen LogP contribution in [0.3, 0.4) is 0 Å². The summed E-state index contributed by atoms with van der Waals surface area (Å²) in [6.45, 7) is 6.73. The van der Waals surface area contributed by atoms with E-state index < -0.39 is 7.26 Å². The smallest absolute Gasteiger partial charge is 0.116 e. The molecule has 0 bridgehead atoms. The summed E-state index contributed by atoms with van der Waals surface area (Å²) in [5, 5.41) is 4.32. The molecule has 4 aromatic carbocycles. The summed E-state index contributed by atoms with van der Waals surface area (Å²) in [5.74, 6) is 0. The Labute approximate surface area is 192 Å². The van der Waals surface area contributed by atoms with Gasteiger partial charge in [0.1, 0.15) is 23.2 Å². The molecule has 0 radical (unpaired) electrons. The van der Waals surface area contributed by atoms with Crippen molar-refractivity contribution in [3.8, 4) is 0 Å². The van der Waals surface area contributed by atoms with Crippen molar-refractivity contribution in [1.82, 2.24) is 0 Å². The maximum atomic E-state index is 2.33. The SMILES string of the molecule is Cc1cc(C)c(C[P+](c2ccccc2)(c2ccccc2)c2ccccc2)c(C)c1.[Br-]. The zero-order chi connectivity index (χ0) is 20.3. The molecule has 0 unspecified atom stereocenters. The average molecular weight is 475 g/mol. The van der Waals surface area contributed by atoms with Gasteiger partial charge in [-0.25, -0.2) is 0 Å². The van der Waals surface area contributed by atoms with Crippen LogP contribution < -0.4 is 32.9 Å². The molecule has 4 aromatic rings. The van der Waals surface area contributed by atoms with Gasteiger partial charge in [-0.3, -0.25) is 0 Å². The summed E-state index contributed by atoms with van der Waals surface area (Å²) in [4.78, 5) is 0. The lowest BCUT2D eigenvalue weighted by atomic mass is 10.0. The summed E-state index contributed by atoms with van der Waals surface area (Å²) in [6, 6.07) is 38.1. The quantitative estimate of drug-likeness (QED) is 0.390. The average Bonchev–Trinajstić information content (AvgIpc) is 2.75. The molecule has 0 aliphatic heterocycles. The van der Waals surface area contributed by atoms with E-state index in [0.29, 0.717) is 0 Å². The first-order chi connectivity index (χ1) is 14.1. The molecule has 0 heterocycles. The standard InChI is InChI=1S/C28H28P.BrH/c1-22-19-23(2)28(24(3)20-22)21-29(25-13-7-4-8-14-25,26-15-9-5-10-16-26)27-17-11-6-12-18-27;/h4-20H,21H2,1-3H3;1H/q+1;/p-1. The van der Waals surface area contributed by atoms with Gasteiger partial charge >= 0.3 is 0 Å². The minimum absolute atomic E-state index is 0. The molecule has 30 heavy (non-hydrogen) atoms. The number of hydrogen-bond donors (Lipinski definition) is 0. The highest BCUT2D eigenvalue weighted by atomic mass is 79.9. The third kappa shape index (κ3) is 4.29. The lowest BCUT2D eigenvalue weighted by Crippen LogP contribution is -3.00. The van der Waals surface area contributed by atoms with Crippen LogP contribution in [0, 0.1) is 20.8 Å². The number of benzene rings is 4. The highest BCUT2D eigenvalue weighted by Gasteiger charge is 2.45. The zero-order valence-corrected chi connectivity index (χ0v) is 20.3. The Morgan fingerprint density at radius 3 is 1.20 bits per heavy atom. The second kappa shape index (κ2) is 9.73. The lowest BCUT2D eigenvalue weighted by molar-refractivity contribution is -0.00000589. The Balaban J connectivity index is 0.00000256. The predicted octanol–water partition coefficient (Wildman–Crippen LogP) is 3.11. The van der Waals surface area contributed by atoms with Crippen molar-refractivity contribution in [3.05, 3.63) is 125 Å². The summed E-state index contributed by atoms with van der Waals surface area (Å²) in [7, 11) is -1.84. The van der Waals surface area contributed by atoms with Crippen molar-refractivity contribution in [1.29, 1.82) is 0 Å². The van der Waals surface area contributed by atoms with Crippen molar-refractivity contribution in [2.45, 2.75) is 26.9 Å².